The van der Waals surface area contributed by atoms with Gasteiger partial charge < -0.3 is 10.1 Å². The van der Waals surface area contributed by atoms with Crippen LogP contribution in [0.4, 0.5) is 5.00 Å². The Hall–Kier alpha value is -2.78. The Morgan fingerprint density at radius 2 is 2.14 bits per heavy atom. The second-order valence-electron chi connectivity index (χ2n) is 6.45. The number of fused-ring (bicyclic) bond motifs is 1. The van der Waals surface area contributed by atoms with E-state index in [0.29, 0.717) is 17.1 Å². The molecule has 1 atom stereocenters. The van der Waals surface area contributed by atoms with Crippen LogP contribution in [-0.2, 0) is 16.1 Å². The summed E-state index contributed by atoms with van der Waals surface area (Å²) in [6, 6.07) is 6.98. The molecule has 9 heteroatoms. The summed E-state index contributed by atoms with van der Waals surface area (Å²) < 4.78 is 6.96. The highest BCUT2D eigenvalue weighted by Crippen LogP contribution is 2.28. The normalized spacial score (nSPS) is 12.3. The summed E-state index contributed by atoms with van der Waals surface area (Å²) in [4.78, 5) is 27.7. The van der Waals surface area contributed by atoms with Gasteiger partial charge in [0.05, 0.1) is 24.8 Å². The Labute approximate surface area is 167 Å². The van der Waals surface area contributed by atoms with Gasteiger partial charge in [0.15, 0.2) is 11.5 Å². The van der Waals surface area contributed by atoms with Crippen LogP contribution in [0.2, 0.25) is 0 Å². The summed E-state index contributed by atoms with van der Waals surface area (Å²) in [5, 5.41) is 11.7. The molecule has 3 rings (SSSR count). The Bertz CT molecular complexity index is 997. The SMILES string of the molecule is CCOC(=O)c1cc(C)sc1NC(=O)[C@@H](C)N(C)Cc1nnc2ccccn12. The highest BCUT2D eigenvalue weighted by atomic mass is 32.1. The van der Waals surface area contributed by atoms with Crippen LogP contribution in [-0.4, -0.2) is 51.1 Å². The van der Waals surface area contributed by atoms with Gasteiger partial charge in [0, 0.05) is 11.1 Å². The fourth-order valence-electron chi connectivity index (χ4n) is 2.74. The summed E-state index contributed by atoms with van der Waals surface area (Å²) in [6.45, 7) is 6.18. The number of anilines is 1. The lowest BCUT2D eigenvalue weighted by Crippen LogP contribution is -2.39. The van der Waals surface area contributed by atoms with Crippen molar-refractivity contribution in [2.45, 2.75) is 33.4 Å². The third-order valence-electron chi connectivity index (χ3n) is 4.40. The predicted molar refractivity (Wildman–Crippen MR) is 108 cm³/mol. The Balaban J connectivity index is 1.70. The molecule has 0 unspecified atom stereocenters. The Morgan fingerprint density at radius 1 is 1.36 bits per heavy atom. The van der Waals surface area contributed by atoms with E-state index in [1.807, 2.05) is 54.6 Å². The minimum atomic E-state index is -0.437. The van der Waals surface area contributed by atoms with Crippen molar-refractivity contribution in [3.63, 3.8) is 0 Å². The number of carbonyl (C=O) groups excluding carboxylic acids is 2. The molecule has 0 bridgehead atoms. The van der Waals surface area contributed by atoms with Gasteiger partial charge >= 0.3 is 5.97 Å². The molecule has 3 heterocycles. The lowest BCUT2D eigenvalue weighted by Gasteiger charge is -2.23. The van der Waals surface area contributed by atoms with Crippen molar-refractivity contribution in [3.8, 4) is 0 Å². The number of esters is 1. The summed E-state index contributed by atoms with van der Waals surface area (Å²) >= 11 is 1.36. The van der Waals surface area contributed by atoms with E-state index in [0.717, 1.165) is 16.3 Å². The molecule has 3 aromatic rings. The fourth-order valence-corrected chi connectivity index (χ4v) is 3.65. The van der Waals surface area contributed by atoms with Crippen molar-refractivity contribution in [1.82, 2.24) is 19.5 Å². The molecule has 148 valence electrons. The minimum absolute atomic E-state index is 0.205. The average Bonchev–Trinajstić information content (AvgIpc) is 3.24. The van der Waals surface area contributed by atoms with Gasteiger partial charge in [-0.15, -0.1) is 21.5 Å². The van der Waals surface area contributed by atoms with E-state index in [2.05, 4.69) is 15.5 Å². The smallest absolute Gasteiger partial charge is 0.341 e. The van der Waals surface area contributed by atoms with Crippen LogP contribution in [0.25, 0.3) is 5.65 Å². The molecule has 0 fully saturated rings. The number of nitrogens with zero attached hydrogens (tertiary/aromatic N) is 4. The zero-order valence-corrected chi connectivity index (χ0v) is 17.1. The lowest BCUT2D eigenvalue weighted by atomic mass is 10.2. The standard InChI is InChI=1S/C19H23N5O3S/c1-5-27-19(26)14-10-12(2)28-18(14)20-17(25)13(3)23(4)11-16-22-21-15-8-6-7-9-24(15)16/h6-10,13H,5,11H2,1-4H3,(H,20,25)/t13-/m1/s1. The first-order chi connectivity index (χ1) is 13.4. The van der Waals surface area contributed by atoms with E-state index in [1.165, 1.54) is 11.3 Å². The maximum absolute atomic E-state index is 12.7. The molecule has 0 spiro atoms. The van der Waals surface area contributed by atoms with Crippen LogP contribution in [0.15, 0.2) is 30.5 Å². The topological polar surface area (TPSA) is 88.8 Å². The molecule has 28 heavy (non-hydrogen) atoms. The van der Waals surface area contributed by atoms with Gasteiger partial charge in [-0.05, 0) is 46.0 Å². The van der Waals surface area contributed by atoms with E-state index >= 15 is 0 Å². The molecule has 0 aromatic carbocycles. The number of pyridine rings is 1. The third-order valence-corrected chi connectivity index (χ3v) is 5.37. The van der Waals surface area contributed by atoms with E-state index in [-0.39, 0.29) is 12.5 Å². The molecule has 8 nitrogen and oxygen atoms in total. The molecule has 1 N–H and O–H groups in total. The molecule has 0 aliphatic rings. The summed E-state index contributed by atoms with van der Waals surface area (Å²) in [6.07, 6.45) is 1.89. The first-order valence-electron chi connectivity index (χ1n) is 8.98. The molecule has 0 aliphatic heterocycles. The molecule has 0 saturated carbocycles. The van der Waals surface area contributed by atoms with Crippen molar-refractivity contribution in [2.75, 3.05) is 19.0 Å². The van der Waals surface area contributed by atoms with Crippen molar-refractivity contribution in [1.29, 1.82) is 0 Å². The van der Waals surface area contributed by atoms with Crippen molar-refractivity contribution in [2.24, 2.45) is 0 Å². The number of rotatable bonds is 7. The Kier molecular flexibility index (Phi) is 6.05. The second-order valence-corrected chi connectivity index (χ2v) is 7.70. The number of hydrogen-bond donors (Lipinski definition) is 1. The number of aryl methyl sites for hydroxylation is 1. The van der Waals surface area contributed by atoms with E-state index in [1.54, 1.807) is 13.0 Å². The number of hydrogen-bond acceptors (Lipinski definition) is 7. The molecule has 0 saturated heterocycles. The number of nitrogens with one attached hydrogen (secondary N) is 1. The van der Waals surface area contributed by atoms with Gasteiger partial charge in [0.25, 0.3) is 0 Å². The van der Waals surface area contributed by atoms with Crippen LogP contribution in [0.1, 0.15) is 34.9 Å². The van der Waals surface area contributed by atoms with Crippen LogP contribution in [0.5, 0.6) is 0 Å². The van der Waals surface area contributed by atoms with E-state index in [9.17, 15) is 9.59 Å². The zero-order valence-electron chi connectivity index (χ0n) is 16.3. The number of carbonyl (C=O) groups is 2. The monoisotopic (exact) mass is 401 g/mol. The largest absolute Gasteiger partial charge is 0.462 e. The van der Waals surface area contributed by atoms with Crippen LogP contribution < -0.4 is 5.32 Å². The van der Waals surface area contributed by atoms with Crippen molar-refractivity contribution < 1.29 is 14.3 Å². The van der Waals surface area contributed by atoms with Gasteiger partial charge in [-0.2, -0.15) is 0 Å². The maximum atomic E-state index is 12.7. The number of aromatic nitrogens is 3. The quantitative estimate of drug-likeness (QED) is 0.613. The summed E-state index contributed by atoms with van der Waals surface area (Å²) in [5.41, 5.74) is 1.15. The highest BCUT2D eigenvalue weighted by molar-refractivity contribution is 7.16. The average molecular weight is 401 g/mol. The third kappa shape index (κ3) is 4.20. The van der Waals surface area contributed by atoms with Gasteiger partial charge in [0.1, 0.15) is 5.00 Å². The first-order valence-corrected chi connectivity index (χ1v) is 9.79. The highest BCUT2D eigenvalue weighted by Gasteiger charge is 2.23. The number of likely N-dealkylation sites (N-methyl/N-ethyl adjacent to an activating group) is 1. The molecular formula is C19H23N5O3S. The van der Waals surface area contributed by atoms with Gasteiger partial charge in [-0.1, -0.05) is 6.07 Å². The molecule has 0 radical (unpaired) electrons. The van der Waals surface area contributed by atoms with Crippen LogP contribution in [0.3, 0.4) is 0 Å². The first kappa shape index (κ1) is 20.0. The van der Waals surface area contributed by atoms with Crippen molar-refractivity contribution >= 4 is 33.9 Å². The van der Waals surface area contributed by atoms with E-state index < -0.39 is 12.0 Å². The fraction of sp³-hybridized carbons (Fsp3) is 0.368. The summed E-state index contributed by atoms with van der Waals surface area (Å²) in [5.74, 6) is 0.110. The molecule has 0 aliphatic carbocycles. The second kappa shape index (κ2) is 8.49. The van der Waals surface area contributed by atoms with E-state index in [4.69, 9.17) is 4.74 Å². The minimum Gasteiger partial charge on any atom is -0.462 e. The number of amides is 1. The number of ether oxygens (including phenoxy) is 1. The molecular weight excluding hydrogens is 378 g/mol. The number of thiophene rings is 1. The van der Waals surface area contributed by atoms with Gasteiger partial charge in [0.2, 0.25) is 5.91 Å². The van der Waals surface area contributed by atoms with Crippen LogP contribution in [0, 0.1) is 6.92 Å². The summed E-state index contributed by atoms with van der Waals surface area (Å²) in [7, 11) is 1.85. The molecule has 1 amide bonds. The zero-order chi connectivity index (χ0) is 20.3. The van der Waals surface area contributed by atoms with Gasteiger partial charge in [-0.3, -0.25) is 14.1 Å². The van der Waals surface area contributed by atoms with Crippen LogP contribution >= 0.6 is 11.3 Å². The van der Waals surface area contributed by atoms with Gasteiger partial charge in [-0.25, -0.2) is 4.79 Å². The van der Waals surface area contributed by atoms with Crippen molar-refractivity contribution in [3.05, 3.63) is 46.7 Å². The Morgan fingerprint density at radius 3 is 2.89 bits per heavy atom. The molecule has 3 aromatic heterocycles. The predicted octanol–water partition coefficient (Wildman–Crippen LogP) is 2.73. The maximum Gasteiger partial charge on any atom is 0.341 e. The lowest BCUT2D eigenvalue weighted by molar-refractivity contribution is -0.120.